The van der Waals surface area contributed by atoms with Crippen molar-refractivity contribution < 1.29 is 4.74 Å². The molecule has 2 heterocycles. The first-order valence-corrected chi connectivity index (χ1v) is 5.32. The first-order chi connectivity index (χ1) is 6.98. The molecule has 2 N–H and O–H groups in total. The molecule has 1 aromatic heterocycles. The van der Waals surface area contributed by atoms with Gasteiger partial charge in [0.15, 0.2) is 0 Å². The van der Waals surface area contributed by atoms with Crippen LogP contribution >= 0.6 is 0 Å². The van der Waals surface area contributed by atoms with Gasteiger partial charge in [-0.15, -0.1) is 0 Å². The Morgan fingerprint density at radius 3 is 2.53 bits per heavy atom. The van der Waals surface area contributed by atoms with Crippen molar-refractivity contribution in [1.29, 1.82) is 0 Å². The average molecular weight is 206 g/mol. The third-order valence-corrected chi connectivity index (χ3v) is 2.89. The fraction of sp³-hybridized carbons (Fsp3) is 0.583. The summed E-state index contributed by atoms with van der Waals surface area (Å²) in [6.07, 6.45) is 1.87. The van der Waals surface area contributed by atoms with Gasteiger partial charge < -0.3 is 10.5 Å². The molecule has 0 aromatic carbocycles. The quantitative estimate of drug-likeness (QED) is 0.765. The normalized spacial score (nSPS) is 17.5. The zero-order chi connectivity index (χ0) is 11.1. The van der Waals surface area contributed by atoms with Gasteiger partial charge in [-0.05, 0) is 17.0 Å². The maximum absolute atomic E-state index is 5.88. The Labute approximate surface area is 90.7 Å². The van der Waals surface area contributed by atoms with Gasteiger partial charge in [-0.2, -0.15) is 0 Å². The molecule has 82 valence electrons. The number of anilines is 1. The molecule has 3 nitrogen and oxygen atoms in total. The summed E-state index contributed by atoms with van der Waals surface area (Å²) in [6, 6.07) is 2.18. The average Bonchev–Trinajstić information content (AvgIpc) is 2.03. The first kappa shape index (κ1) is 10.4. The van der Waals surface area contributed by atoms with Crippen LogP contribution in [-0.4, -0.2) is 18.2 Å². The molecule has 1 aliphatic heterocycles. The van der Waals surface area contributed by atoms with Crippen LogP contribution < -0.4 is 5.73 Å². The van der Waals surface area contributed by atoms with Crippen molar-refractivity contribution in [3.05, 3.63) is 23.4 Å². The Kier molecular flexibility index (Phi) is 2.43. The molecule has 2 rings (SSSR count). The van der Waals surface area contributed by atoms with E-state index in [1.54, 1.807) is 0 Å². The highest BCUT2D eigenvalue weighted by molar-refractivity contribution is 5.45. The van der Waals surface area contributed by atoms with Crippen molar-refractivity contribution in [3.8, 4) is 0 Å². The third kappa shape index (κ3) is 1.97. The second-order valence-corrected chi connectivity index (χ2v) is 5.18. The zero-order valence-electron chi connectivity index (χ0n) is 9.58. The smallest absolute Gasteiger partial charge is 0.126 e. The van der Waals surface area contributed by atoms with Gasteiger partial charge >= 0.3 is 0 Å². The summed E-state index contributed by atoms with van der Waals surface area (Å²) in [5, 5.41) is 0. The van der Waals surface area contributed by atoms with Gasteiger partial charge in [0.2, 0.25) is 0 Å². The maximum Gasteiger partial charge on any atom is 0.126 e. The molecule has 1 fully saturated rings. The minimum absolute atomic E-state index is 0.125. The summed E-state index contributed by atoms with van der Waals surface area (Å²) in [5.74, 6) is 1.09. The second-order valence-electron chi connectivity index (χ2n) is 5.18. The molecular weight excluding hydrogens is 188 g/mol. The summed E-state index contributed by atoms with van der Waals surface area (Å²) >= 11 is 0. The zero-order valence-corrected chi connectivity index (χ0v) is 9.58. The number of nitrogens with two attached hydrogens (primary N) is 1. The lowest BCUT2D eigenvalue weighted by Gasteiger charge is -2.28. The standard InChI is InChI=1S/C12H18N2O/c1-12(2,3)9-4-10(8-6-15-7-8)11(13)14-5-9/h4-5,8H,6-7H2,1-3H3,(H2,13,14). The summed E-state index contributed by atoms with van der Waals surface area (Å²) in [4.78, 5) is 4.27. The van der Waals surface area contributed by atoms with E-state index in [-0.39, 0.29) is 5.41 Å². The SMILES string of the molecule is CC(C)(C)c1cnc(N)c(C2COC2)c1. The molecule has 0 bridgehead atoms. The van der Waals surface area contributed by atoms with Crippen molar-refractivity contribution >= 4 is 5.82 Å². The van der Waals surface area contributed by atoms with Crippen LogP contribution in [0, 0.1) is 0 Å². The molecule has 0 radical (unpaired) electrons. The van der Waals surface area contributed by atoms with E-state index in [1.807, 2.05) is 6.20 Å². The lowest BCUT2D eigenvalue weighted by Crippen LogP contribution is -2.27. The van der Waals surface area contributed by atoms with Gasteiger partial charge in [-0.3, -0.25) is 0 Å². The number of rotatable bonds is 1. The van der Waals surface area contributed by atoms with Crippen LogP contribution in [0.5, 0.6) is 0 Å². The molecule has 15 heavy (non-hydrogen) atoms. The molecule has 0 aliphatic carbocycles. The molecule has 0 unspecified atom stereocenters. The van der Waals surface area contributed by atoms with Gasteiger partial charge in [-0.25, -0.2) is 4.98 Å². The molecule has 0 atom stereocenters. The minimum atomic E-state index is 0.125. The Balaban J connectivity index is 2.36. The fourth-order valence-electron chi connectivity index (χ4n) is 1.64. The topological polar surface area (TPSA) is 48.1 Å². The van der Waals surface area contributed by atoms with Crippen molar-refractivity contribution in [1.82, 2.24) is 4.98 Å². The van der Waals surface area contributed by atoms with Crippen molar-refractivity contribution in [2.75, 3.05) is 18.9 Å². The minimum Gasteiger partial charge on any atom is -0.383 e. The van der Waals surface area contributed by atoms with E-state index in [0.717, 1.165) is 18.8 Å². The Hall–Kier alpha value is -1.09. The number of ether oxygens (including phenoxy) is 1. The van der Waals surface area contributed by atoms with E-state index in [2.05, 4.69) is 31.8 Å². The van der Waals surface area contributed by atoms with Crippen LogP contribution in [0.4, 0.5) is 5.82 Å². The van der Waals surface area contributed by atoms with Crippen molar-refractivity contribution in [2.45, 2.75) is 32.1 Å². The molecule has 1 aliphatic rings. The van der Waals surface area contributed by atoms with Gasteiger partial charge in [0, 0.05) is 17.7 Å². The van der Waals surface area contributed by atoms with Crippen LogP contribution in [0.3, 0.4) is 0 Å². The fourth-order valence-corrected chi connectivity index (χ4v) is 1.64. The summed E-state index contributed by atoms with van der Waals surface area (Å²) in [7, 11) is 0. The lowest BCUT2D eigenvalue weighted by molar-refractivity contribution is 0.00855. The van der Waals surface area contributed by atoms with Gasteiger partial charge in [0.1, 0.15) is 5.82 Å². The van der Waals surface area contributed by atoms with E-state index in [0.29, 0.717) is 11.7 Å². The second kappa shape index (κ2) is 3.49. The predicted octanol–water partition coefficient (Wildman–Crippen LogP) is 2.08. The summed E-state index contributed by atoms with van der Waals surface area (Å²) < 4.78 is 5.19. The highest BCUT2D eigenvalue weighted by atomic mass is 16.5. The van der Waals surface area contributed by atoms with E-state index in [1.165, 1.54) is 5.56 Å². The molecular formula is C12H18N2O. The predicted molar refractivity (Wildman–Crippen MR) is 60.9 cm³/mol. The molecule has 0 spiro atoms. The highest BCUT2D eigenvalue weighted by Gasteiger charge is 2.25. The number of pyridine rings is 1. The molecule has 1 aromatic rings. The van der Waals surface area contributed by atoms with Gasteiger partial charge in [-0.1, -0.05) is 20.8 Å². The van der Waals surface area contributed by atoms with Crippen LogP contribution in [0.2, 0.25) is 0 Å². The Morgan fingerprint density at radius 2 is 2.07 bits per heavy atom. The molecule has 1 saturated heterocycles. The van der Waals surface area contributed by atoms with Gasteiger partial charge in [0.05, 0.1) is 13.2 Å². The molecule has 0 saturated carbocycles. The Bertz CT molecular complexity index is 364. The third-order valence-electron chi connectivity index (χ3n) is 2.89. The van der Waals surface area contributed by atoms with Crippen molar-refractivity contribution in [3.63, 3.8) is 0 Å². The summed E-state index contributed by atoms with van der Waals surface area (Å²) in [5.41, 5.74) is 8.38. The molecule has 3 heteroatoms. The number of hydrogen-bond donors (Lipinski definition) is 1. The van der Waals surface area contributed by atoms with E-state index in [4.69, 9.17) is 10.5 Å². The van der Waals surface area contributed by atoms with Crippen LogP contribution in [-0.2, 0) is 10.2 Å². The maximum atomic E-state index is 5.88. The largest absolute Gasteiger partial charge is 0.383 e. The first-order valence-electron chi connectivity index (χ1n) is 5.32. The van der Waals surface area contributed by atoms with Crippen LogP contribution in [0.1, 0.15) is 37.8 Å². The summed E-state index contributed by atoms with van der Waals surface area (Å²) in [6.45, 7) is 8.10. The molecule has 0 amide bonds. The Morgan fingerprint density at radius 1 is 1.40 bits per heavy atom. The number of nitrogens with zero attached hydrogens (tertiary/aromatic N) is 1. The van der Waals surface area contributed by atoms with Crippen LogP contribution in [0.15, 0.2) is 12.3 Å². The number of aromatic nitrogens is 1. The number of hydrogen-bond acceptors (Lipinski definition) is 3. The van der Waals surface area contributed by atoms with E-state index < -0.39 is 0 Å². The van der Waals surface area contributed by atoms with Crippen molar-refractivity contribution in [2.24, 2.45) is 0 Å². The van der Waals surface area contributed by atoms with Crippen LogP contribution in [0.25, 0.3) is 0 Å². The van der Waals surface area contributed by atoms with E-state index >= 15 is 0 Å². The lowest BCUT2D eigenvalue weighted by atomic mass is 9.85. The van der Waals surface area contributed by atoms with E-state index in [9.17, 15) is 0 Å². The van der Waals surface area contributed by atoms with Gasteiger partial charge in [0.25, 0.3) is 0 Å². The highest BCUT2D eigenvalue weighted by Crippen LogP contribution is 2.31. The monoisotopic (exact) mass is 206 g/mol. The number of nitrogen functional groups attached to an aromatic ring is 1.